The van der Waals surface area contributed by atoms with E-state index in [2.05, 4.69) is 22.0 Å². The maximum atomic E-state index is 12.9. The summed E-state index contributed by atoms with van der Waals surface area (Å²) in [6.45, 7) is 4.28. The number of hydrogen-bond acceptors (Lipinski definition) is 4. The van der Waals surface area contributed by atoms with Gasteiger partial charge in [0.1, 0.15) is 0 Å². The molecular formula is C24H33N3O3S. The van der Waals surface area contributed by atoms with Crippen molar-refractivity contribution in [3.05, 3.63) is 59.7 Å². The van der Waals surface area contributed by atoms with Crippen molar-refractivity contribution in [3.8, 4) is 0 Å². The quantitative estimate of drug-likeness (QED) is 0.634. The van der Waals surface area contributed by atoms with Gasteiger partial charge in [0.15, 0.2) is 0 Å². The van der Waals surface area contributed by atoms with Crippen molar-refractivity contribution in [2.24, 2.45) is 0 Å². The Kier molecular flexibility index (Phi) is 7.86. The van der Waals surface area contributed by atoms with Gasteiger partial charge in [0.05, 0.1) is 4.90 Å². The lowest BCUT2D eigenvalue weighted by Gasteiger charge is -2.31. The van der Waals surface area contributed by atoms with Crippen molar-refractivity contribution in [2.75, 3.05) is 12.4 Å². The van der Waals surface area contributed by atoms with E-state index in [9.17, 15) is 13.2 Å². The van der Waals surface area contributed by atoms with E-state index in [1.54, 1.807) is 26.0 Å². The number of hydrogen-bond donors (Lipinski definition) is 2. The molecule has 0 aromatic heterocycles. The van der Waals surface area contributed by atoms with Gasteiger partial charge in [-0.25, -0.2) is 13.1 Å². The molecule has 3 rings (SSSR count). The van der Waals surface area contributed by atoms with Gasteiger partial charge in [-0.05, 0) is 63.6 Å². The fourth-order valence-corrected chi connectivity index (χ4v) is 5.37. The average Bonchev–Trinajstić information content (AvgIpc) is 2.75. The largest absolute Gasteiger partial charge is 0.322 e. The van der Waals surface area contributed by atoms with Gasteiger partial charge < -0.3 is 5.32 Å². The molecule has 7 heteroatoms. The van der Waals surface area contributed by atoms with Crippen LogP contribution in [0.1, 0.15) is 61.9 Å². The van der Waals surface area contributed by atoms with Crippen molar-refractivity contribution >= 4 is 21.6 Å². The van der Waals surface area contributed by atoms with E-state index in [0.717, 1.165) is 17.8 Å². The number of amides is 1. The fraction of sp³-hybridized carbons (Fsp3) is 0.458. The van der Waals surface area contributed by atoms with Crippen LogP contribution in [0, 0.1) is 0 Å². The van der Waals surface area contributed by atoms with Gasteiger partial charge in [-0.1, -0.05) is 43.5 Å². The van der Waals surface area contributed by atoms with Crippen LogP contribution in [0.3, 0.4) is 0 Å². The second-order valence-corrected chi connectivity index (χ2v) is 10.3. The normalized spacial score (nSPS) is 15.4. The number of para-hydroxylation sites is 1. The third kappa shape index (κ3) is 6.38. The lowest BCUT2D eigenvalue weighted by atomic mass is 9.94. The summed E-state index contributed by atoms with van der Waals surface area (Å²) < 4.78 is 27.5. The zero-order valence-electron chi connectivity index (χ0n) is 18.6. The molecule has 1 saturated carbocycles. The Morgan fingerprint density at radius 1 is 1.06 bits per heavy atom. The van der Waals surface area contributed by atoms with Crippen LogP contribution < -0.4 is 10.0 Å². The summed E-state index contributed by atoms with van der Waals surface area (Å²) in [4.78, 5) is 15.4. The summed E-state index contributed by atoms with van der Waals surface area (Å²) in [6.07, 6.45) is 6.31. The second kappa shape index (κ2) is 10.4. The van der Waals surface area contributed by atoms with Crippen LogP contribution in [0.25, 0.3) is 0 Å². The highest BCUT2D eigenvalue weighted by atomic mass is 32.2. The number of sulfonamides is 1. The summed E-state index contributed by atoms with van der Waals surface area (Å²) in [5.74, 6) is -0.325. The van der Waals surface area contributed by atoms with Gasteiger partial charge in [0, 0.05) is 29.9 Å². The molecule has 0 radical (unpaired) electrons. The first kappa shape index (κ1) is 23.4. The maximum absolute atomic E-state index is 12.9. The zero-order chi connectivity index (χ0) is 22.4. The van der Waals surface area contributed by atoms with Gasteiger partial charge in [0.25, 0.3) is 5.91 Å². The molecule has 0 unspecified atom stereocenters. The topological polar surface area (TPSA) is 78.5 Å². The Hall–Kier alpha value is -2.22. The Morgan fingerprint density at radius 3 is 2.48 bits per heavy atom. The molecule has 31 heavy (non-hydrogen) atoms. The van der Waals surface area contributed by atoms with Crippen LogP contribution >= 0.6 is 0 Å². The Morgan fingerprint density at radius 2 is 1.77 bits per heavy atom. The average molecular weight is 444 g/mol. The molecule has 2 N–H and O–H groups in total. The predicted molar refractivity (Wildman–Crippen MR) is 125 cm³/mol. The third-order valence-corrected chi connectivity index (χ3v) is 7.34. The summed E-state index contributed by atoms with van der Waals surface area (Å²) in [6, 6.07) is 14.3. The van der Waals surface area contributed by atoms with E-state index in [4.69, 9.17) is 0 Å². The standard InChI is InChI=1S/C24H33N3O3S/c1-18(2)26-31(29,30)22-14-9-11-19(16-22)24(28)25-23-15-8-7-10-20(23)17-27(3)21-12-5-4-6-13-21/h7-11,14-16,18,21,26H,4-6,12-13,17H2,1-3H3,(H,25,28). The van der Waals surface area contributed by atoms with Crippen molar-refractivity contribution in [1.82, 2.24) is 9.62 Å². The highest BCUT2D eigenvalue weighted by molar-refractivity contribution is 7.89. The number of benzene rings is 2. The van der Waals surface area contributed by atoms with Crippen LogP contribution in [0.15, 0.2) is 53.4 Å². The SMILES string of the molecule is CC(C)NS(=O)(=O)c1cccc(C(=O)Nc2ccccc2CN(C)C2CCCCC2)c1. The monoisotopic (exact) mass is 443 g/mol. The summed E-state index contributed by atoms with van der Waals surface area (Å²) in [5.41, 5.74) is 2.11. The van der Waals surface area contributed by atoms with Crippen LogP contribution in [0.4, 0.5) is 5.69 Å². The number of carbonyl (C=O) groups is 1. The van der Waals surface area contributed by atoms with E-state index in [0.29, 0.717) is 11.6 Å². The number of rotatable bonds is 8. The molecule has 6 nitrogen and oxygen atoms in total. The summed E-state index contributed by atoms with van der Waals surface area (Å²) >= 11 is 0. The highest BCUT2D eigenvalue weighted by Crippen LogP contribution is 2.25. The molecule has 2 aromatic rings. The van der Waals surface area contributed by atoms with Gasteiger partial charge in [-0.3, -0.25) is 9.69 Å². The summed E-state index contributed by atoms with van der Waals surface area (Å²) in [7, 11) is -1.52. The lowest BCUT2D eigenvalue weighted by Crippen LogP contribution is -2.33. The number of carbonyl (C=O) groups excluding carboxylic acids is 1. The zero-order valence-corrected chi connectivity index (χ0v) is 19.4. The minimum absolute atomic E-state index is 0.0826. The molecule has 1 fully saturated rings. The first-order valence-electron chi connectivity index (χ1n) is 11.0. The van der Waals surface area contributed by atoms with Crippen LogP contribution in [0.5, 0.6) is 0 Å². The number of anilines is 1. The molecule has 0 spiro atoms. The van der Waals surface area contributed by atoms with E-state index in [-0.39, 0.29) is 16.8 Å². The molecular weight excluding hydrogens is 410 g/mol. The lowest BCUT2D eigenvalue weighted by molar-refractivity contribution is 0.102. The first-order chi connectivity index (χ1) is 14.8. The Bertz CT molecular complexity index is 999. The van der Waals surface area contributed by atoms with E-state index in [1.807, 2.05) is 24.3 Å². The van der Waals surface area contributed by atoms with E-state index < -0.39 is 10.0 Å². The Labute approximate surface area is 186 Å². The van der Waals surface area contributed by atoms with Crippen LogP contribution in [-0.2, 0) is 16.6 Å². The minimum Gasteiger partial charge on any atom is -0.322 e. The third-order valence-electron chi connectivity index (χ3n) is 5.68. The predicted octanol–water partition coefficient (Wildman–Crippen LogP) is 4.39. The first-order valence-corrected chi connectivity index (χ1v) is 12.5. The van der Waals surface area contributed by atoms with Crippen molar-refractivity contribution in [2.45, 2.75) is 69.5 Å². The van der Waals surface area contributed by atoms with E-state index >= 15 is 0 Å². The van der Waals surface area contributed by atoms with Gasteiger partial charge >= 0.3 is 0 Å². The van der Waals surface area contributed by atoms with Crippen molar-refractivity contribution < 1.29 is 13.2 Å². The molecule has 0 saturated heterocycles. The molecule has 1 amide bonds. The second-order valence-electron chi connectivity index (χ2n) is 8.62. The van der Waals surface area contributed by atoms with Crippen molar-refractivity contribution in [3.63, 3.8) is 0 Å². The van der Waals surface area contributed by atoms with Gasteiger partial charge in [0.2, 0.25) is 10.0 Å². The molecule has 1 aliphatic rings. The van der Waals surface area contributed by atoms with Gasteiger partial charge in [-0.2, -0.15) is 0 Å². The van der Waals surface area contributed by atoms with Gasteiger partial charge in [-0.15, -0.1) is 0 Å². The van der Waals surface area contributed by atoms with Crippen LogP contribution in [-0.4, -0.2) is 38.4 Å². The minimum atomic E-state index is -3.66. The Balaban J connectivity index is 1.75. The van der Waals surface area contributed by atoms with Crippen LogP contribution in [0.2, 0.25) is 0 Å². The number of nitrogens with one attached hydrogen (secondary N) is 2. The maximum Gasteiger partial charge on any atom is 0.255 e. The molecule has 168 valence electrons. The van der Waals surface area contributed by atoms with E-state index in [1.165, 1.54) is 44.2 Å². The molecule has 0 atom stereocenters. The highest BCUT2D eigenvalue weighted by Gasteiger charge is 2.20. The number of nitrogens with zero attached hydrogens (tertiary/aromatic N) is 1. The molecule has 0 aliphatic heterocycles. The molecule has 0 heterocycles. The molecule has 2 aromatic carbocycles. The molecule has 1 aliphatic carbocycles. The van der Waals surface area contributed by atoms with Crippen molar-refractivity contribution in [1.29, 1.82) is 0 Å². The smallest absolute Gasteiger partial charge is 0.255 e. The molecule has 0 bridgehead atoms. The fourth-order valence-electron chi connectivity index (χ4n) is 4.08. The summed E-state index contributed by atoms with van der Waals surface area (Å²) in [5, 5.41) is 2.97.